The number of nitrogens with zero attached hydrogens (tertiary/aromatic N) is 1. The van der Waals surface area contributed by atoms with Crippen molar-refractivity contribution < 1.29 is 32.2 Å². The highest BCUT2D eigenvalue weighted by Crippen LogP contribution is 2.31. The molecule has 1 aliphatic heterocycles. The second-order valence-corrected chi connectivity index (χ2v) is 11.8. The number of primary sulfonamides is 1. The molecule has 2 bridgehead atoms. The number of hydrogen-bond donors (Lipinski definition) is 3. The Hall–Kier alpha value is -4.55. The lowest BCUT2D eigenvalue weighted by atomic mass is 10.0. The third kappa shape index (κ3) is 6.76. The second kappa shape index (κ2) is 12.8. The van der Waals surface area contributed by atoms with Crippen molar-refractivity contribution in [2.24, 2.45) is 5.14 Å². The van der Waals surface area contributed by atoms with Crippen LogP contribution in [0.25, 0.3) is 10.9 Å². The monoisotopic (exact) mass is 606 g/mol. The summed E-state index contributed by atoms with van der Waals surface area (Å²) in [4.78, 5) is 31.5. The van der Waals surface area contributed by atoms with E-state index in [2.05, 4.69) is 16.4 Å². The minimum Gasteiger partial charge on any atom is -0.496 e. The molecule has 5 rings (SSSR count). The summed E-state index contributed by atoms with van der Waals surface area (Å²) in [6.07, 6.45) is 1.60. The molecular formula is C31H34N4O7S. The molecule has 0 radical (unpaired) electrons. The normalized spacial score (nSPS) is 14.9. The maximum Gasteiger partial charge on any atom is 0.258 e. The summed E-state index contributed by atoms with van der Waals surface area (Å²) in [7, 11) is -1.13. The molecule has 0 aliphatic carbocycles. The molecule has 0 unspecified atom stereocenters. The molecule has 226 valence electrons. The molecule has 2 heterocycles. The first-order valence-corrected chi connectivity index (χ1v) is 15.4. The molecule has 0 saturated carbocycles. The molecule has 12 heteroatoms. The van der Waals surface area contributed by atoms with Crippen LogP contribution in [0.4, 0.5) is 0 Å². The lowest BCUT2D eigenvalue weighted by molar-refractivity contribution is -0.121. The molecule has 0 fully saturated rings. The zero-order valence-electron chi connectivity index (χ0n) is 24.0. The quantitative estimate of drug-likeness (QED) is 0.323. The SMILES string of the molecule is COc1ccc2cc1OCCCN(C(=O)c1cc(S(N)(=O)=O)ccc1OC)CC(=O)NCCc1c([nH]c3ccccc13)C2. The number of hydrogen-bond acceptors (Lipinski definition) is 7. The Labute approximate surface area is 250 Å². The number of rotatable bonds is 4. The van der Waals surface area contributed by atoms with E-state index in [0.29, 0.717) is 37.3 Å². The van der Waals surface area contributed by atoms with E-state index in [-0.39, 0.29) is 41.8 Å². The fourth-order valence-electron chi connectivity index (χ4n) is 5.29. The molecule has 1 aromatic heterocycles. The second-order valence-electron chi connectivity index (χ2n) is 10.2. The van der Waals surface area contributed by atoms with Gasteiger partial charge in [0, 0.05) is 36.1 Å². The van der Waals surface area contributed by atoms with Gasteiger partial charge in [0.1, 0.15) is 5.75 Å². The first-order valence-electron chi connectivity index (χ1n) is 13.8. The van der Waals surface area contributed by atoms with Gasteiger partial charge in [-0.2, -0.15) is 0 Å². The zero-order chi connectivity index (χ0) is 30.6. The maximum absolute atomic E-state index is 13.7. The minimum absolute atomic E-state index is 0.0186. The average Bonchev–Trinajstić information content (AvgIpc) is 3.33. The molecule has 43 heavy (non-hydrogen) atoms. The van der Waals surface area contributed by atoms with Crippen molar-refractivity contribution >= 4 is 32.7 Å². The van der Waals surface area contributed by atoms with Crippen LogP contribution in [0.1, 0.15) is 33.6 Å². The number of amides is 2. The van der Waals surface area contributed by atoms with Gasteiger partial charge in [-0.15, -0.1) is 0 Å². The molecule has 2 amide bonds. The van der Waals surface area contributed by atoms with Crippen LogP contribution in [0.2, 0.25) is 0 Å². The Morgan fingerprint density at radius 1 is 1.02 bits per heavy atom. The fourth-order valence-corrected chi connectivity index (χ4v) is 5.83. The highest BCUT2D eigenvalue weighted by atomic mass is 32.2. The van der Waals surface area contributed by atoms with Gasteiger partial charge < -0.3 is 29.4 Å². The van der Waals surface area contributed by atoms with Gasteiger partial charge in [0.2, 0.25) is 15.9 Å². The topological polar surface area (TPSA) is 153 Å². The lowest BCUT2D eigenvalue weighted by Crippen LogP contribution is -2.42. The zero-order valence-corrected chi connectivity index (χ0v) is 24.8. The average molecular weight is 607 g/mol. The van der Waals surface area contributed by atoms with Crippen molar-refractivity contribution in [1.29, 1.82) is 0 Å². The number of benzene rings is 3. The Morgan fingerprint density at radius 2 is 1.79 bits per heavy atom. The van der Waals surface area contributed by atoms with Gasteiger partial charge in [-0.05, 0) is 60.4 Å². The molecule has 4 aromatic rings. The number of fused-ring (bicyclic) bond motifs is 5. The van der Waals surface area contributed by atoms with E-state index >= 15 is 0 Å². The van der Waals surface area contributed by atoms with Crippen molar-refractivity contribution in [2.75, 3.05) is 40.5 Å². The summed E-state index contributed by atoms with van der Waals surface area (Å²) >= 11 is 0. The molecule has 4 N–H and O–H groups in total. The van der Waals surface area contributed by atoms with Gasteiger partial charge in [0.25, 0.3) is 5.91 Å². The van der Waals surface area contributed by atoms with Crippen LogP contribution in [0, 0.1) is 0 Å². The molecule has 0 saturated heterocycles. The van der Waals surface area contributed by atoms with Gasteiger partial charge in [0.15, 0.2) is 11.5 Å². The van der Waals surface area contributed by atoms with E-state index < -0.39 is 15.9 Å². The van der Waals surface area contributed by atoms with Crippen molar-refractivity contribution in [3.05, 3.63) is 83.0 Å². The largest absolute Gasteiger partial charge is 0.496 e. The number of aromatic amines is 1. The fraction of sp³-hybridized carbons (Fsp3) is 0.290. The molecule has 0 spiro atoms. The summed E-state index contributed by atoms with van der Waals surface area (Å²) in [5.41, 5.74) is 4.15. The van der Waals surface area contributed by atoms with Crippen LogP contribution in [0.5, 0.6) is 17.2 Å². The summed E-state index contributed by atoms with van der Waals surface area (Å²) in [6, 6.07) is 17.6. The van der Waals surface area contributed by atoms with Crippen molar-refractivity contribution in [2.45, 2.75) is 24.2 Å². The Kier molecular flexibility index (Phi) is 8.88. The molecule has 0 atom stereocenters. The predicted octanol–water partition coefficient (Wildman–Crippen LogP) is 3.01. The van der Waals surface area contributed by atoms with Crippen LogP contribution in [0.15, 0.2) is 65.6 Å². The van der Waals surface area contributed by atoms with Gasteiger partial charge in [-0.3, -0.25) is 9.59 Å². The third-order valence-corrected chi connectivity index (χ3v) is 8.30. The van der Waals surface area contributed by atoms with E-state index in [4.69, 9.17) is 19.3 Å². The van der Waals surface area contributed by atoms with Crippen molar-refractivity contribution in [1.82, 2.24) is 15.2 Å². The van der Waals surface area contributed by atoms with Crippen LogP contribution in [0.3, 0.4) is 0 Å². The lowest BCUT2D eigenvalue weighted by Gasteiger charge is -2.24. The Bertz CT molecular complexity index is 1770. The number of H-pyrrole nitrogens is 1. The van der Waals surface area contributed by atoms with Crippen molar-refractivity contribution in [3.63, 3.8) is 0 Å². The first-order chi connectivity index (χ1) is 20.7. The maximum atomic E-state index is 13.7. The summed E-state index contributed by atoms with van der Waals surface area (Å²) in [6.45, 7) is 0.499. The van der Waals surface area contributed by atoms with Crippen LogP contribution in [-0.4, -0.2) is 70.6 Å². The van der Waals surface area contributed by atoms with Gasteiger partial charge in [-0.25, -0.2) is 13.6 Å². The van der Waals surface area contributed by atoms with E-state index in [0.717, 1.165) is 27.7 Å². The van der Waals surface area contributed by atoms with E-state index in [1.807, 2.05) is 36.4 Å². The minimum atomic E-state index is -4.08. The highest BCUT2D eigenvalue weighted by molar-refractivity contribution is 7.89. The number of carbonyl (C=O) groups is 2. The summed E-state index contributed by atoms with van der Waals surface area (Å²) < 4.78 is 40.9. The van der Waals surface area contributed by atoms with Crippen LogP contribution >= 0.6 is 0 Å². The van der Waals surface area contributed by atoms with Crippen LogP contribution in [-0.2, 0) is 27.7 Å². The van der Waals surface area contributed by atoms with E-state index in [1.54, 1.807) is 7.11 Å². The number of carbonyl (C=O) groups excluding carboxylic acids is 2. The van der Waals surface area contributed by atoms with Gasteiger partial charge >= 0.3 is 0 Å². The number of ether oxygens (including phenoxy) is 3. The molecule has 1 aliphatic rings. The molecular weight excluding hydrogens is 572 g/mol. The Balaban J connectivity index is 1.47. The first kappa shape index (κ1) is 29.9. The van der Waals surface area contributed by atoms with Gasteiger partial charge in [0.05, 0.1) is 37.8 Å². The standard InChI is InChI=1S/C31H34N4O7S/c1-40-27-11-9-21(43(32,38)39)18-24(27)31(37)35-14-5-15-42-29-17-20(8-10-28(29)41-2)16-26-23(12-13-33-30(36)19-35)22-6-3-4-7-25(22)34-26/h3-4,6-11,17-18,34H,5,12-16,19H2,1-2H3,(H,33,36)(H2,32,38,39). The van der Waals surface area contributed by atoms with Crippen LogP contribution < -0.4 is 24.7 Å². The molecule has 11 nitrogen and oxygen atoms in total. The molecule has 3 aromatic carbocycles. The van der Waals surface area contributed by atoms with E-state index in [9.17, 15) is 18.0 Å². The number of sulfonamides is 1. The number of methoxy groups -OCH3 is 2. The third-order valence-electron chi connectivity index (χ3n) is 7.39. The number of aromatic nitrogens is 1. The smallest absolute Gasteiger partial charge is 0.258 e. The van der Waals surface area contributed by atoms with Gasteiger partial charge in [-0.1, -0.05) is 24.3 Å². The highest BCUT2D eigenvalue weighted by Gasteiger charge is 2.24. The summed E-state index contributed by atoms with van der Waals surface area (Å²) in [5.74, 6) is 0.393. The number of nitrogens with two attached hydrogens (primary N) is 1. The predicted molar refractivity (Wildman–Crippen MR) is 161 cm³/mol. The number of nitrogens with one attached hydrogen (secondary N) is 2. The van der Waals surface area contributed by atoms with E-state index in [1.165, 1.54) is 30.2 Å². The Morgan fingerprint density at radius 3 is 2.56 bits per heavy atom. The van der Waals surface area contributed by atoms with Crippen molar-refractivity contribution in [3.8, 4) is 17.2 Å². The summed E-state index contributed by atoms with van der Waals surface area (Å²) in [5, 5.41) is 9.33. The number of para-hydroxylation sites is 1.